The fourth-order valence-electron chi connectivity index (χ4n) is 1.77. The smallest absolute Gasteiger partial charge is 0.339 e. The Kier molecular flexibility index (Phi) is 7.71. The van der Waals surface area contributed by atoms with E-state index in [9.17, 15) is 15.0 Å². The number of aliphatic hydroxyl groups is 1. The molecule has 0 aromatic heterocycles. The second-order valence-corrected chi connectivity index (χ2v) is 5.71. The Morgan fingerprint density at radius 1 is 1.38 bits per heavy atom. The minimum Gasteiger partial charge on any atom is -0.490 e. The Labute approximate surface area is 133 Å². The highest BCUT2D eigenvalue weighted by Crippen LogP contribution is 2.28. The third kappa shape index (κ3) is 6.03. The van der Waals surface area contributed by atoms with Crippen molar-refractivity contribution in [3.8, 4) is 5.75 Å². The van der Waals surface area contributed by atoms with Crippen molar-refractivity contribution in [2.45, 2.75) is 32.8 Å². The molecule has 118 valence electrons. The molecule has 1 aromatic rings. The van der Waals surface area contributed by atoms with E-state index in [2.05, 4.69) is 22.9 Å². The number of unbranched alkanes of at least 4 members (excludes halogenated alkanes) is 1. The molecule has 6 heteroatoms. The Bertz CT molecular complexity index is 475. The van der Waals surface area contributed by atoms with Crippen molar-refractivity contribution in [3.05, 3.63) is 27.7 Å². The minimum atomic E-state index is -1.07. The number of aliphatic hydroxyl groups excluding tert-OH is 1. The van der Waals surface area contributed by atoms with Gasteiger partial charge in [0.25, 0.3) is 0 Å². The average molecular weight is 361 g/mol. The lowest BCUT2D eigenvalue weighted by atomic mass is 10.1. The topological polar surface area (TPSA) is 76.0 Å². The van der Waals surface area contributed by atoms with Crippen LogP contribution in [0.15, 0.2) is 16.6 Å². The van der Waals surface area contributed by atoms with Gasteiger partial charge in [-0.3, -0.25) is 0 Å². The summed E-state index contributed by atoms with van der Waals surface area (Å²) in [5.74, 6) is -0.790. The van der Waals surface area contributed by atoms with Gasteiger partial charge in [0.15, 0.2) is 0 Å². The SMILES string of the molecule is CCCCOCC(O)COc1c(C)cc(Br)cc1C(=O)O. The molecule has 0 aliphatic heterocycles. The number of carbonyl (C=O) groups is 1. The molecule has 5 nitrogen and oxygen atoms in total. The number of ether oxygens (including phenoxy) is 2. The molecule has 0 amide bonds. The van der Waals surface area contributed by atoms with Crippen molar-refractivity contribution < 1.29 is 24.5 Å². The fraction of sp³-hybridized carbons (Fsp3) is 0.533. The van der Waals surface area contributed by atoms with E-state index in [1.165, 1.54) is 6.07 Å². The summed E-state index contributed by atoms with van der Waals surface area (Å²) in [5, 5.41) is 19.0. The summed E-state index contributed by atoms with van der Waals surface area (Å²) in [5.41, 5.74) is 0.766. The van der Waals surface area contributed by atoms with Crippen LogP contribution in [0.4, 0.5) is 0 Å². The van der Waals surface area contributed by atoms with E-state index in [1.54, 1.807) is 13.0 Å². The average Bonchev–Trinajstić information content (AvgIpc) is 2.41. The molecule has 0 saturated carbocycles. The molecule has 0 fully saturated rings. The van der Waals surface area contributed by atoms with Crippen LogP contribution in [0.5, 0.6) is 5.75 Å². The van der Waals surface area contributed by atoms with Crippen LogP contribution in [0.2, 0.25) is 0 Å². The number of rotatable bonds is 9. The Balaban J connectivity index is 2.60. The zero-order valence-electron chi connectivity index (χ0n) is 12.3. The lowest BCUT2D eigenvalue weighted by molar-refractivity contribution is 0.0108. The van der Waals surface area contributed by atoms with Crippen molar-refractivity contribution in [2.75, 3.05) is 19.8 Å². The quantitative estimate of drug-likeness (QED) is 0.662. The van der Waals surface area contributed by atoms with E-state index < -0.39 is 12.1 Å². The Morgan fingerprint density at radius 2 is 2.10 bits per heavy atom. The first-order chi connectivity index (χ1) is 9.95. The highest BCUT2D eigenvalue weighted by Gasteiger charge is 2.16. The van der Waals surface area contributed by atoms with Gasteiger partial charge in [0.1, 0.15) is 24.0 Å². The monoisotopic (exact) mass is 360 g/mol. The molecule has 0 aliphatic carbocycles. The van der Waals surface area contributed by atoms with Crippen LogP contribution in [0.3, 0.4) is 0 Å². The number of carboxylic acids is 1. The molecule has 21 heavy (non-hydrogen) atoms. The van der Waals surface area contributed by atoms with Gasteiger partial charge in [-0.25, -0.2) is 4.79 Å². The van der Waals surface area contributed by atoms with Crippen LogP contribution < -0.4 is 4.74 Å². The van der Waals surface area contributed by atoms with Gasteiger partial charge >= 0.3 is 5.97 Å². The lowest BCUT2D eigenvalue weighted by Gasteiger charge is -2.16. The van der Waals surface area contributed by atoms with Gasteiger partial charge in [0.05, 0.1) is 6.61 Å². The third-order valence-electron chi connectivity index (χ3n) is 2.84. The number of aromatic carboxylic acids is 1. The summed E-state index contributed by atoms with van der Waals surface area (Å²) in [6, 6.07) is 3.25. The second kappa shape index (κ2) is 9.02. The van der Waals surface area contributed by atoms with E-state index in [1.807, 2.05) is 0 Å². The number of halogens is 1. The summed E-state index contributed by atoms with van der Waals surface area (Å²) in [7, 11) is 0. The molecule has 0 spiro atoms. The second-order valence-electron chi connectivity index (χ2n) is 4.80. The highest BCUT2D eigenvalue weighted by atomic mass is 79.9. The number of hydrogen-bond donors (Lipinski definition) is 2. The first-order valence-electron chi connectivity index (χ1n) is 6.87. The third-order valence-corrected chi connectivity index (χ3v) is 3.30. The molecule has 0 saturated heterocycles. The number of aryl methyl sites for hydroxylation is 1. The largest absolute Gasteiger partial charge is 0.490 e. The van der Waals surface area contributed by atoms with Gasteiger partial charge < -0.3 is 19.7 Å². The van der Waals surface area contributed by atoms with Crippen LogP contribution in [-0.4, -0.2) is 42.1 Å². The van der Waals surface area contributed by atoms with Crippen molar-refractivity contribution in [1.82, 2.24) is 0 Å². The maximum atomic E-state index is 11.2. The maximum Gasteiger partial charge on any atom is 0.339 e. The van der Waals surface area contributed by atoms with Crippen molar-refractivity contribution in [3.63, 3.8) is 0 Å². The zero-order valence-corrected chi connectivity index (χ0v) is 13.9. The summed E-state index contributed by atoms with van der Waals surface area (Å²) in [6.07, 6.45) is 1.20. The Hall–Kier alpha value is -1.11. The molecule has 1 unspecified atom stereocenters. The summed E-state index contributed by atoms with van der Waals surface area (Å²) in [4.78, 5) is 11.2. The first kappa shape index (κ1) is 17.9. The number of hydrogen-bond acceptors (Lipinski definition) is 4. The normalized spacial score (nSPS) is 12.2. The fourth-order valence-corrected chi connectivity index (χ4v) is 2.35. The maximum absolute atomic E-state index is 11.2. The number of carboxylic acid groups (broad SMARTS) is 1. The predicted molar refractivity (Wildman–Crippen MR) is 83.1 cm³/mol. The van der Waals surface area contributed by atoms with Gasteiger partial charge in [-0.15, -0.1) is 0 Å². The van der Waals surface area contributed by atoms with Crippen LogP contribution in [0, 0.1) is 6.92 Å². The molecule has 1 aromatic carbocycles. The van der Waals surface area contributed by atoms with Crippen molar-refractivity contribution in [2.24, 2.45) is 0 Å². The summed E-state index contributed by atoms with van der Waals surface area (Å²) < 4.78 is 11.4. The van der Waals surface area contributed by atoms with Crippen molar-refractivity contribution >= 4 is 21.9 Å². The molecule has 1 atom stereocenters. The van der Waals surface area contributed by atoms with Crippen LogP contribution in [0.25, 0.3) is 0 Å². The van der Waals surface area contributed by atoms with Gasteiger partial charge in [0.2, 0.25) is 0 Å². The molecule has 0 heterocycles. The molecule has 2 N–H and O–H groups in total. The van der Waals surface area contributed by atoms with Gasteiger partial charge in [-0.05, 0) is 31.0 Å². The molecule has 0 aliphatic rings. The molecular weight excluding hydrogens is 340 g/mol. The lowest BCUT2D eigenvalue weighted by Crippen LogP contribution is -2.24. The first-order valence-corrected chi connectivity index (χ1v) is 7.67. The van der Waals surface area contributed by atoms with E-state index in [0.29, 0.717) is 16.6 Å². The molecular formula is C15H21BrO5. The zero-order chi connectivity index (χ0) is 15.8. The number of benzene rings is 1. The van der Waals surface area contributed by atoms with E-state index in [-0.39, 0.29) is 24.5 Å². The predicted octanol–water partition coefficient (Wildman–Crippen LogP) is 3.01. The van der Waals surface area contributed by atoms with Crippen LogP contribution in [-0.2, 0) is 4.74 Å². The Morgan fingerprint density at radius 3 is 2.71 bits per heavy atom. The van der Waals surface area contributed by atoms with Gasteiger partial charge in [0, 0.05) is 11.1 Å². The summed E-state index contributed by atoms with van der Waals surface area (Å²) >= 11 is 3.26. The molecule has 0 bridgehead atoms. The van der Waals surface area contributed by atoms with Crippen LogP contribution >= 0.6 is 15.9 Å². The molecule has 1 rings (SSSR count). The van der Waals surface area contributed by atoms with E-state index in [4.69, 9.17) is 9.47 Å². The standard InChI is InChI=1S/C15H21BrO5/c1-3-4-5-20-8-12(17)9-21-14-10(2)6-11(16)7-13(14)15(18)19/h6-7,12,17H,3-5,8-9H2,1-2H3,(H,18,19). The van der Waals surface area contributed by atoms with Crippen molar-refractivity contribution in [1.29, 1.82) is 0 Å². The minimum absolute atomic E-state index is 0.00508. The molecule has 0 radical (unpaired) electrons. The highest BCUT2D eigenvalue weighted by molar-refractivity contribution is 9.10. The summed E-state index contributed by atoms with van der Waals surface area (Å²) in [6.45, 7) is 4.60. The van der Waals surface area contributed by atoms with E-state index in [0.717, 1.165) is 12.8 Å². The van der Waals surface area contributed by atoms with Crippen LogP contribution in [0.1, 0.15) is 35.7 Å². The van der Waals surface area contributed by atoms with Gasteiger partial charge in [-0.1, -0.05) is 29.3 Å². The van der Waals surface area contributed by atoms with E-state index >= 15 is 0 Å². The van der Waals surface area contributed by atoms with Gasteiger partial charge in [-0.2, -0.15) is 0 Å².